The molecule has 1 aliphatic rings. The first-order valence-electron chi connectivity index (χ1n) is 5.55. The third-order valence-corrected chi connectivity index (χ3v) is 2.97. The van der Waals surface area contributed by atoms with E-state index in [1.807, 2.05) is 0 Å². The second-order valence-electron chi connectivity index (χ2n) is 4.35. The Kier molecular flexibility index (Phi) is 3.58. The number of amides is 1. The highest BCUT2D eigenvalue weighted by atomic mass is 19.1. The summed E-state index contributed by atoms with van der Waals surface area (Å²) in [6.07, 6.45) is -2.15. The van der Waals surface area contributed by atoms with Crippen LogP contribution in [0.1, 0.15) is 5.56 Å². The summed E-state index contributed by atoms with van der Waals surface area (Å²) in [4.78, 5) is 13.0. The van der Waals surface area contributed by atoms with Crippen molar-refractivity contribution in [3.8, 4) is 0 Å². The number of aliphatic hydroxyl groups is 2. The van der Waals surface area contributed by atoms with Gasteiger partial charge >= 0.3 is 0 Å². The fourth-order valence-corrected chi connectivity index (χ4v) is 1.91. The molecule has 1 fully saturated rings. The van der Waals surface area contributed by atoms with Gasteiger partial charge in [-0.1, -0.05) is 6.07 Å². The van der Waals surface area contributed by atoms with Gasteiger partial charge in [-0.2, -0.15) is 0 Å². The molecule has 6 heteroatoms. The van der Waals surface area contributed by atoms with Gasteiger partial charge in [0.05, 0.1) is 18.6 Å². The smallest absolute Gasteiger partial charge is 0.227 e. The third-order valence-electron chi connectivity index (χ3n) is 2.97. The highest BCUT2D eigenvalue weighted by molar-refractivity contribution is 5.79. The molecule has 4 nitrogen and oxygen atoms in total. The Morgan fingerprint density at radius 2 is 1.89 bits per heavy atom. The van der Waals surface area contributed by atoms with Gasteiger partial charge in [-0.15, -0.1) is 0 Å². The van der Waals surface area contributed by atoms with Gasteiger partial charge in [-0.25, -0.2) is 8.78 Å². The average Bonchev–Trinajstić information content (AvgIpc) is 2.63. The zero-order valence-electron chi connectivity index (χ0n) is 9.51. The molecular weight excluding hydrogens is 244 g/mol. The fraction of sp³-hybridized carbons (Fsp3) is 0.417. The summed E-state index contributed by atoms with van der Waals surface area (Å²) >= 11 is 0. The first kappa shape index (κ1) is 12.9. The van der Waals surface area contributed by atoms with Gasteiger partial charge in [0.25, 0.3) is 0 Å². The van der Waals surface area contributed by atoms with Gasteiger partial charge in [-0.3, -0.25) is 4.79 Å². The fourth-order valence-electron chi connectivity index (χ4n) is 1.91. The Labute approximate surface area is 102 Å². The highest BCUT2D eigenvalue weighted by Crippen LogP contribution is 2.15. The molecule has 98 valence electrons. The van der Waals surface area contributed by atoms with Crippen LogP contribution in [0.4, 0.5) is 8.78 Å². The van der Waals surface area contributed by atoms with Crippen molar-refractivity contribution < 1.29 is 23.8 Å². The zero-order chi connectivity index (χ0) is 13.3. The van der Waals surface area contributed by atoms with Gasteiger partial charge in [0.1, 0.15) is 11.6 Å². The zero-order valence-corrected chi connectivity index (χ0v) is 9.51. The van der Waals surface area contributed by atoms with Crippen LogP contribution in [0.15, 0.2) is 18.2 Å². The van der Waals surface area contributed by atoms with Crippen molar-refractivity contribution in [3.63, 3.8) is 0 Å². The van der Waals surface area contributed by atoms with Crippen LogP contribution in [-0.4, -0.2) is 46.3 Å². The summed E-state index contributed by atoms with van der Waals surface area (Å²) in [5.41, 5.74) is 0.0947. The summed E-state index contributed by atoms with van der Waals surface area (Å²) in [6, 6.07) is 3.02. The van der Waals surface area contributed by atoms with Crippen LogP contribution in [0.3, 0.4) is 0 Å². The molecule has 2 rings (SSSR count). The van der Waals surface area contributed by atoms with Crippen molar-refractivity contribution in [1.82, 2.24) is 4.90 Å². The maximum Gasteiger partial charge on any atom is 0.227 e. The van der Waals surface area contributed by atoms with Crippen LogP contribution >= 0.6 is 0 Å². The number of halogens is 2. The van der Waals surface area contributed by atoms with Crippen molar-refractivity contribution in [2.45, 2.75) is 18.6 Å². The number of likely N-dealkylation sites (tertiary alicyclic amines) is 1. The van der Waals surface area contributed by atoms with E-state index in [0.29, 0.717) is 0 Å². The molecule has 0 saturated carbocycles. The monoisotopic (exact) mass is 257 g/mol. The number of carbonyl (C=O) groups excluding carboxylic acids is 1. The van der Waals surface area contributed by atoms with E-state index in [0.717, 1.165) is 12.1 Å². The maximum absolute atomic E-state index is 13.3. The van der Waals surface area contributed by atoms with Crippen LogP contribution in [0.5, 0.6) is 0 Å². The molecule has 1 saturated heterocycles. The normalized spacial score (nSPS) is 23.4. The number of aliphatic hydroxyl groups excluding tert-OH is 2. The lowest BCUT2D eigenvalue weighted by Gasteiger charge is -2.15. The van der Waals surface area contributed by atoms with Crippen LogP contribution in [0.2, 0.25) is 0 Å². The van der Waals surface area contributed by atoms with Crippen LogP contribution in [0, 0.1) is 11.6 Å². The first-order chi connectivity index (χ1) is 8.47. The Hall–Kier alpha value is -1.53. The molecule has 1 aliphatic heterocycles. The predicted molar refractivity (Wildman–Crippen MR) is 58.7 cm³/mol. The van der Waals surface area contributed by atoms with E-state index in [4.69, 9.17) is 0 Å². The lowest BCUT2D eigenvalue weighted by molar-refractivity contribution is -0.130. The van der Waals surface area contributed by atoms with Gasteiger partial charge < -0.3 is 15.1 Å². The van der Waals surface area contributed by atoms with E-state index in [1.165, 1.54) is 11.0 Å². The molecule has 1 aromatic carbocycles. The number of rotatable bonds is 2. The molecule has 0 spiro atoms. The number of benzene rings is 1. The second kappa shape index (κ2) is 4.99. The van der Waals surface area contributed by atoms with Crippen molar-refractivity contribution in [3.05, 3.63) is 35.4 Å². The number of β-amino-alcohol motifs (C(OH)–C–C–N with tert-alkyl or cyclic N) is 2. The van der Waals surface area contributed by atoms with Gasteiger partial charge in [0, 0.05) is 19.2 Å². The molecule has 0 aromatic heterocycles. The SMILES string of the molecule is O=C(Cc1ccc(F)cc1F)N1CC(O)C(O)C1. The first-order valence-corrected chi connectivity index (χ1v) is 5.55. The molecule has 2 atom stereocenters. The standard InChI is InChI=1S/C12H13F2NO3/c13-8-2-1-7(9(14)4-8)3-12(18)15-5-10(16)11(17)6-15/h1-2,4,10-11,16-17H,3,5-6H2. The molecule has 2 N–H and O–H groups in total. The van der Waals surface area contributed by atoms with Crippen LogP contribution < -0.4 is 0 Å². The minimum Gasteiger partial charge on any atom is -0.388 e. The highest BCUT2D eigenvalue weighted by Gasteiger charge is 2.32. The summed E-state index contributed by atoms with van der Waals surface area (Å²) < 4.78 is 26.0. The van der Waals surface area contributed by atoms with E-state index >= 15 is 0 Å². The van der Waals surface area contributed by atoms with Crippen molar-refractivity contribution in [2.75, 3.05) is 13.1 Å². The molecule has 0 bridgehead atoms. The molecule has 1 aromatic rings. The number of carbonyl (C=O) groups is 1. The molecule has 2 unspecified atom stereocenters. The van der Waals surface area contributed by atoms with E-state index in [9.17, 15) is 23.8 Å². The Morgan fingerprint density at radius 3 is 2.44 bits per heavy atom. The molecule has 1 heterocycles. The molecule has 18 heavy (non-hydrogen) atoms. The van der Waals surface area contributed by atoms with E-state index in [1.54, 1.807) is 0 Å². The van der Waals surface area contributed by atoms with Crippen molar-refractivity contribution >= 4 is 5.91 Å². The molecule has 0 radical (unpaired) electrons. The minimum atomic E-state index is -0.966. The number of hydrogen-bond donors (Lipinski definition) is 2. The topological polar surface area (TPSA) is 60.8 Å². The minimum absolute atomic E-state index is 0.0306. The third kappa shape index (κ3) is 2.65. The predicted octanol–water partition coefficient (Wildman–Crippen LogP) is 0.0713. The molecular formula is C12H13F2NO3. The van der Waals surface area contributed by atoms with Gasteiger partial charge in [-0.05, 0) is 11.6 Å². The Balaban J connectivity index is 2.03. The number of hydrogen-bond acceptors (Lipinski definition) is 3. The average molecular weight is 257 g/mol. The molecule has 1 amide bonds. The second-order valence-corrected chi connectivity index (χ2v) is 4.35. The van der Waals surface area contributed by atoms with Crippen molar-refractivity contribution in [1.29, 1.82) is 0 Å². The van der Waals surface area contributed by atoms with Crippen molar-refractivity contribution in [2.24, 2.45) is 0 Å². The van der Waals surface area contributed by atoms with E-state index in [2.05, 4.69) is 0 Å². The largest absolute Gasteiger partial charge is 0.388 e. The Bertz CT molecular complexity index is 457. The van der Waals surface area contributed by atoms with Crippen LogP contribution in [-0.2, 0) is 11.2 Å². The van der Waals surface area contributed by atoms with E-state index < -0.39 is 29.7 Å². The Morgan fingerprint density at radius 1 is 1.28 bits per heavy atom. The lowest BCUT2D eigenvalue weighted by atomic mass is 10.1. The summed E-state index contributed by atoms with van der Waals surface area (Å²) in [5.74, 6) is -1.88. The summed E-state index contributed by atoms with van der Waals surface area (Å²) in [5, 5.41) is 18.6. The van der Waals surface area contributed by atoms with Gasteiger partial charge in [0.15, 0.2) is 0 Å². The molecule has 0 aliphatic carbocycles. The maximum atomic E-state index is 13.3. The van der Waals surface area contributed by atoms with E-state index in [-0.39, 0.29) is 25.1 Å². The lowest BCUT2D eigenvalue weighted by Crippen LogP contribution is -2.31. The van der Waals surface area contributed by atoms with Crippen LogP contribution in [0.25, 0.3) is 0 Å². The summed E-state index contributed by atoms with van der Waals surface area (Å²) in [6.45, 7) is 0.0611. The summed E-state index contributed by atoms with van der Waals surface area (Å²) in [7, 11) is 0. The number of nitrogens with zero attached hydrogens (tertiary/aromatic N) is 1. The quantitative estimate of drug-likeness (QED) is 0.788. The van der Waals surface area contributed by atoms with Gasteiger partial charge in [0.2, 0.25) is 5.91 Å².